The SMILES string of the molecule is CCOc1cc([C@H]2N[C@@H](C(=O)O)CS2)ccc1OCC(=O)O. The van der Waals surface area contributed by atoms with Gasteiger partial charge in [0.15, 0.2) is 18.1 Å². The topological polar surface area (TPSA) is 105 Å². The van der Waals surface area contributed by atoms with E-state index in [9.17, 15) is 9.59 Å². The maximum Gasteiger partial charge on any atom is 0.341 e. The van der Waals surface area contributed by atoms with E-state index in [-0.39, 0.29) is 5.37 Å². The molecule has 1 heterocycles. The molecule has 0 unspecified atom stereocenters. The Bertz CT molecular complexity index is 564. The monoisotopic (exact) mass is 327 g/mol. The average Bonchev–Trinajstić information content (AvgIpc) is 2.96. The Morgan fingerprint density at radius 1 is 1.32 bits per heavy atom. The standard InChI is InChI=1S/C14H17NO6S/c1-2-20-11-5-8(3-4-10(11)21-6-12(16)17)13-15-9(7-22-13)14(18)19/h3-5,9,13,15H,2,6-7H2,1H3,(H,16,17)(H,18,19)/t9-,13+/m1/s1. The predicted molar refractivity (Wildman–Crippen MR) is 80.5 cm³/mol. The molecule has 0 amide bonds. The molecular weight excluding hydrogens is 310 g/mol. The number of ether oxygens (including phenoxy) is 2. The Kier molecular flexibility index (Phi) is 5.51. The van der Waals surface area contributed by atoms with Crippen molar-refractivity contribution in [2.45, 2.75) is 18.3 Å². The Labute approximate surface area is 131 Å². The molecule has 1 aliphatic heterocycles. The molecule has 0 saturated carbocycles. The number of carboxylic acids is 2. The normalized spacial score (nSPS) is 20.6. The highest BCUT2D eigenvalue weighted by molar-refractivity contribution is 7.99. The first-order valence-corrected chi connectivity index (χ1v) is 7.78. The average molecular weight is 327 g/mol. The second-order valence-corrected chi connectivity index (χ2v) is 5.73. The molecular formula is C14H17NO6S. The van der Waals surface area contributed by atoms with E-state index in [0.29, 0.717) is 23.9 Å². The smallest absolute Gasteiger partial charge is 0.341 e. The van der Waals surface area contributed by atoms with Gasteiger partial charge in [0.05, 0.1) is 12.0 Å². The quantitative estimate of drug-likeness (QED) is 0.689. The lowest BCUT2D eigenvalue weighted by Gasteiger charge is -2.16. The van der Waals surface area contributed by atoms with Gasteiger partial charge in [-0.3, -0.25) is 10.1 Å². The fourth-order valence-corrected chi connectivity index (χ4v) is 3.24. The number of hydrogen-bond donors (Lipinski definition) is 3. The van der Waals surface area contributed by atoms with Crippen molar-refractivity contribution < 1.29 is 29.3 Å². The third kappa shape index (κ3) is 4.05. The van der Waals surface area contributed by atoms with Crippen molar-refractivity contribution in [2.75, 3.05) is 19.0 Å². The van der Waals surface area contributed by atoms with E-state index < -0.39 is 24.6 Å². The van der Waals surface area contributed by atoms with Crippen molar-refractivity contribution in [3.8, 4) is 11.5 Å². The van der Waals surface area contributed by atoms with Crippen LogP contribution >= 0.6 is 11.8 Å². The summed E-state index contributed by atoms with van der Waals surface area (Å²) in [7, 11) is 0. The summed E-state index contributed by atoms with van der Waals surface area (Å²) in [4.78, 5) is 21.6. The minimum Gasteiger partial charge on any atom is -0.490 e. The Balaban J connectivity index is 2.14. The summed E-state index contributed by atoms with van der Waals surface area (Å²) in [5.41, 5.74) is 0.861. The molecule has 1 fully saturated rings. The van der Waals surface area contributed by atoms with Crippen LogP contribution in [0.15, 0.2) is 18.2 Å². The van der Waals surface area contributed by atoms with Crippen LogP contribution in [-0.4, -0.2) is 47.2 Å². The minimum atomic E-state index is -1.07. The Morgan fingerprint density at radius 3 is 2.68 bits per heavy atom. The highest BCUT2D eigenvalue weighted by Gasteiger charge is 2.30. The number of nitrogens with one attached hydrogen (secondary N) is 1. The molecule has 7 nitrogen and oxygen atoms in total. The fraction of sp³-hybridized carbons (Fsp3) is 0.429. The summed E-state index contributed by atoms with van der Waals surface area (Å²) in [5, 5.41) is 20.5. The van der Waals surface area contributed by atoms with Gasteiger partial charge < -0.3 is 19.7 Å². The largest absolute Gasteiger partial charge is 0.490 e. The molecule has 2 atom stereocenters. The molecule has 8 heteroatoms. The van der Waals surface area contributed by atoms with Crippen LogP contribution in [0.3, 0.4) is 0 Å². The van der Waals surface area contributed by atoms with Crippen molar-refractivity contribution in [3.05, 3.63) is 23.8 Å². The van der Waals surface area contributed by atoms with E-state index >= 15 is 0 Å². The molecule has 1 aliphatic rings. The summed E-state index contributed by atoms with van der Waals surface area (Å²) in [5.74, 6) is -0.653. The van der Waals surface area contributed by atoms with Crippen molar-refractivity contribution in [1.82, 2.24) is 5.32 Å². The maximum absolute atomic E-state index is 11.0. The highest BCUT2D eigenvalue weighted by Crippen LogP contribution is 2.37. The van der Waals surface area contributed by atoms with Crippen LogP contribution in [-0.2, 0) is 9.59 Å². The number of carbonyl (C=O) groups is 2. The zero-order chi connectivity index (χ0) is 16.1. The van der Waals surface area contributed by atoms with Crippen LogP contribution in [0, 0.1) is 0 Å². The summed E-state index contributed by atoms with van der Waals surface area (Å²) in [6.07, 6.45) is 0. The van der Waals surface area contributed by atoms with Gasteiger partial charge >= 0.3 is 11.9 Å². The zero-order valence-electron chi connectivity index (χ0n) is 11.9. The van der Waals surface area contributed by atoms with Crippen LogP contribution in [0.5, 0.6) is 11.5 Å². The lowest BCUT2D eigenvalue weighted by molar-refractivity contribution is -0.140. The van der Waals surface area contributed by atoms with Crippen molar-refractivity contribution in [1.29, 1.82) is 0 Å². The van der Waals surface area contributed by atoms with Gasteiger partial charge in [-0.25, -0.2) is 4.79 Å². The molecule has 1 aromatic carbocycles. The van der Waals surface area contributed by atoms with Crippen LogP contribution in [0.2, 0.25) is 0 Å². The Hall–Kier alpha value is -1.93. The summed E-state index contributed by atoms with van der Waals surface area (Å²) < 4.78 is 10.7. The van der Waals surface area contributed by atoms with E-state index in [0.717, 1.165) is 5.56 Å². The number of thioether (sulfide) groups is 1. The molecule has 0 aliphatic carbocycles. The van der Waals surface area contributed by atoms with Gasteiger partial charge in [-0.2, -0.15) is 0 Å². The van der Waals surface area contributed by atoms with Crippen LogP contribution in [0.1, 0.15) is 17.9 Å². The summed E-state index contributed by atoms with van der Waals surface area (Å²) in [6.45, 7) is 1.78. The van der Waals surface area contributed by atoms with Crippen LogP contribution in [0.25, 0.3) is 0 Å². The van der Waals surface area contributed by atoms with Gasteiger partial charge in [-0.15, -0.1) is 11.8 Å². The molecule has 1 aromatic rings. The number of hydrogen-bond acceptors (Lipinski definition) is 6. The molecule has 0 bridgehead atoms. The first-order valence-electron chi connectivity index (χ1n) is 6.73. The fourth-order valence-electron chi connectivity index (χ4n) is 2.02. The van der Waals surface area contributed by atoms with Gasteiger partial charge in [-0.1, -0.05) is 6.07 Å². The lowest BCUT2D eigenvalue weighted by atomic mass is 10.2. The third-order valence-corrected chi connectivity index (χ3v) is 4.27. The first kappa shape index (κ1) is 16.4. The highest BCUT2D eigenvalue weighted by atomic mass is 32.2. The molecule has 0 aromatic heterocycles. The van der Waals surface area contributed by atoms with Gasteiger partial charge in [0, 0.05) is 5.75 Å². The number of aliphatic carboxylic acids is 2. The first-order chi connectivity index (χ1) is 10.5. The predicted octanol–water partition coefficient (Wildman–Crippen LogP) is 1.34. The van der Waals surface area contributed by atoms with Crippen LogP contribution in [0.4, 0.5) is 0 Å². The second kappa shape index (κ2) is 7.37. The van der Waals surface area contributed by atoms with E-state index in [1.54, 1.807) is 18.2 Å². The second-order valence-electron chi connectivity index (χ2n) is 4.59. The van der Waals surface area contributed by atoms with E-state index in [4.69, 9.17) is 19.7 Å². The van der Waals surface area contributed by atoms with Gasteiger partial charge in [0.25, 0.3) is 0 Å². The number of benzene rings is 1. The minimum absolute atomic E-state index is 0.145. The summed E-state index contributed by atoms with van der Waals surface area (Å²) in [6, 6.07) is 4.58. The van der Waals surface area contributed by atoms with Crippen molar-refractivity contribution in [3.63, 3.8) is 0 Å². The van der Waals surface area contributed by atoms with E-state index in [1.807, 2.05) is 6.92 Å². The lowest BCUT2D eigenvalue weighted by Crippen LogP contribution is -2.33. The Morgan fingerprint density at radius 2 is 2.09 bits per heavy atom. The van der Waals surface area contributed by atoms with Crippen LogP contribution < -0.4 is 14.8 Å². The van der Waals surface area contributed by atoms with Crippen molar-refractivity contribution in [2.24, 2.45) is 0 Å². The molecule has 0 spiro atoms. The summed E-state index contributed by atoms with van der Waals surface area (Å²) >= 11 is 1.50. The van der Waals surface area contributed by atoms with Gasteiger partial charge in [-0.05, 0) is 24.6 Å². The maximum atomic E-state index is 11.0. The number of rotatable bonds is 7. The number of carboxylic acid groups (broad SMARTS) is 2. The third-order valence-electron chi connectivity index (χ3n) is 3.00. The van der Waals surface area contributed by atoms with E-state index in [2.05, 4.69) is 5.32 Å². The zero-order valence-corrected chi connectivity index (χ0v) is 12.8. The van der Waals surface area contributed by atoms with Crippen molar-refractivity contribution >= 4 is 23.7 Å². The molecule has 1 saturated heterocycles. The van der Waals surface area contributed by atoms with Gasteiger partial charge in [0.1, 0.15) is 6.04 Å². The molecule has 22 heavy (non-hydrogen) atoms. The molecule has 3 N–H and O–H groups in total. The molecule has 0 radical (unpaired) electrons. The molecule has 120 valence electrons. The van der Waals surface area contributed by atoms with Gasteiger partial charge in [0.2, 0.25) is 0 Å². The molecule has 2 rings (SSSR count). The van der Waals surface area contributed by atoms with E-state index in [1.165, 1.54) is 11.8 Å².